The zero-order valence-electron chi connectivity index (χ0n) is 16.8. The lowest BCUT2D eigenvalue weighted by Gasteiger charge is -2.35. The molecular formula is C22H27N3O3. The van der Waals surface area contributed by atoms with E-state index in [0.29, 0.717) is 26.2 Å². The van der Waals surface area contributed by atoms with E-state index in [1.807, 2.05) is 54.0 Å². The van der Waals surface area contributed by atoms with Gasteiger partial charge in [0.25, 0.3) is 5.91 Å². The molecule has 1 aromatic heterocycles. The fourth-order valence-electron chi connectivity index (χ4n) is 4.01. The molecule has 1 aromatic carbocycles. The highest BCUT2D eigenvalue weighted by Gasteiger charge is 2.35. The van der Waals surface area contributed by atoms with Crippen LogP contribution in [0.4, 0.5) is 0 Å². The van der Waals surface area contributed by atoms with E-state index in [9.17, 15) is 9.59 Å². The number of nitrogens with zero attached hydrogens (tertiary/aromatic N) is 3. The number of carbonyl (C=O) groups is 2. The number of amides is 2. The fourth-order valence-corrected chi connectivity index (χ4v) is 4.01. The van der Waals surface area contributed by atoms with Gasteiger partial charge in [-0.3, -0.25) is 9.59 Å². The first-order chi connectivity index (χ1) is 13.5. The van der Waals surface area contributed by atoms with E-state index in [4.69, 9.17) is 4.74 Å². The number of benzene rings is 1. The summed E-state index contributed by atoms with van der Waals surface area (Å²) in [5.41, 5.74) is 3.64. The van der Waals surface area contributed by atoms with Crippen molar-refractivity contribution < 1.29 is 14.3 Å². The highest BCUT2D eigenvalue weighted by Crippen LogP contribution is 2.31. The van der Waals surface area contributed by atoms with Gasteiger partial charge in [-0.05, 0) is 44.9 Å². The van der Waals surface area contributed by atoms with Crippen LogP contribution >= 0.6 is 0 Å². The van der Waals surface area contributed by atoms with E-state index >= 15 is 0 Å². The van der Waals surface area contributed by atoms with Crippen molar-refractivity contribution in [3.63, 3.8) is 0 Å². The minimum absolute atomic E-state index is 0.0424. The number of rotatable bonds is 4. The van der Waals surface area contributed by atoms with Crippen LogP contribution in [-0.4, -0.2) is 59.5 Å². The van der Waals surface area contributed by atoms with Gasteiger partial charge in [0.1, 0.15) is 5.75 Å². The summed E-state index contributed by atoms with van der Waals surface area (Å²) in [7, 11) is 1.65. The predicted octanol–water partition coefficient (Wildman–Crippen LogP) is 2.80. The van der Waals surface area contributed by atoms with Crippen molar-refractivity contribution in [3.8, 4) is 11.4 Å². The third-order valence-corrected chi connectivity index (χ3v) is 5.78. The molecule has 1 aliphatic carbocycles. The molecular weight excluding hydrogens is 354 g/mol. The molecule has 2 amide bonds. The van der Waals surface area contributed by atoms with Crippen LogP contribution in [0.2, 0.25) is 0 Å². The van der Waals surface area contributed by atoms with Gasteiger partial charge in [-0.15, -0.1) is 0 Å². The topological polar surface area (TPSA) is 54.8 Å². The molecule has 1 saturated carbocycles. The van der Waals surface area contributed by atoms with Gasteiger partial charge in [0, 0.05) is 55.2 Å². The molecule has 1 saturated heterocycles. The Bertz CT molecular complexity index is 906. The van der Waals surface area contributed by atoms with Crippen LogP contribution in [0.5, 0.6) is 5.75 Å². The second-order valence-corrected chi connectivity index (χ2v) is 7.71. The van der Waals surface area contributed by atoms with Crippen molar-refractivity contribution in [2.75, 3.05) is 33.3 Å². The molecule has 2 aliphatic rings. The quantitative estimate of drug-likeness (QED) is 0.818. The highest BCUT2D eigenvalue weighted by atomic mass is 16.5. The van der Waals surface area contributed by atoms with Crippen molar-refractivity contribution in [2.45, 2.75) is 26.7 Å². The molecule has 0 spiro atoms. The normalized spacial score (nSPS) is 17.0. The number of methoxy groups -OCH3 is 1. The Morgan fingerprint density at radius 2 is 1.68 bits per heavy atom. The van der Waals surface area contributed by atoms with Crippen molar-refractivity contribution in [2.24, 2.45) is 5.92 Å². The minimum Gasteiger partial charge on any atom is -0.497 e. The SMILES string of the molecule is COc1cccc(-n2c(C)cc(C(=O)N3CCN(C(=O)C4CC4)CC3)c2C)c1. The van der Waals surface area contributed by atoms with E-state index in [1.165, 1.54) is 0 Å². The monoisotopic (exact) mass is 381 g/mol. The summed E-state index contributed by atoms with van der Waals surface area (Å²) >= 11 is 0. The summed E-state index contributed by atoms with van der Waals surface area (Å²) in [4.78, 5) is 29.2. The Kier molecular flexibility index (Phi) is 4.87. The Labute approximate surface area is 165 Å². The number of piperazine rings is 1. The van der Waals surface area contributed by atoms with Crippen molar-refractivity contribution in [3.05, 3.63) is 47.3 Å². The zero-order chi connectivity index (χ0) is 19.8. The molecule has 6 nitrogen and oxygen atoms in total. The van der Waals surface area contributed by atoms with Crippen LogP contribution in [0.1, 0.15) is 34.6 Å². The number of ether oxygens (including phenoxy) is 1. The lowest BCUT2D eigenvalue weighted by atomic mass is 10.2. The van der Waals surface area contributed by atoms with Crippen LogP contribution in [0.25, 0.3) is 5.69 Å². The minimum atomic E-state index is 0.0424. The molecule has 1 aliphatic heterocycles. The summed E-state index contributed by atoms with van der Waals surface area (Å²) in [5, 5.41) is 0. The molecule has 2 aromatic rings. The van der Waals surface area contributed by atoms with E-state index in [1.54, 1.807) is 7.11 Å². The van der Waals surface area contributed by atoms with Gasteiger partial charge in [-0.25, -0.2) is 0 Å². The maximum atomic E-state index is 13.1. The maximum Gasteiger partial charge on any atom is 0.255 e. The highest BCUT2D eigenvalue weighted by molar-refractivity contribution is 5.96. The fraction of sp³-hybridized carbons (Fsp3) is 0.455. The molecule has 0 radical (unpaired) electrons. The lowest BCUT2D eigenvalue weighted by molar-refractivity contribution is -0.134. The number of hydrogen-bond donors (Lipinski definition) is 0. The summed E-state index contributed by atoms with van der Waals surface area (Å²) in [6, 6.07) is 9.80. The molecule has 0 atom stereocenters. The largest absolute Gasteiger partial charge is 0.497 e. The molecule has 6 heteroatoms. The Morgan fingerprint density at radius 3 is 2.32 bits per heavy atom. The molecule has 2 heterocycles. The second kappa shape index (κ2) is 7.34. The van der Waals surface area contributed by atoms with Crippen molar-refractivity contribution >= 4 is 11.8 Å². The average Bonchev–Trinajstić information content (AvgIpc) is 3.52. The Hall–Kier alpha value is -2.76. The number of aromatic nitrogens is 1. The molecule has 0 unspecified atom stereocenters. The first-order valence-electron chi connectivity index (χ1n) is 9.91. The molecule has 0 bridgehead atoms. The first kappa shape index (κ1) is 18.6. The molecule has 148 valence electrons. The van der Waals surface area contributed by atoms with E-state index in [-0.39, 0.29) is 17.7 Å². The zero-order valence-corrected chi connectivity index (χ0v) is 16.8. The summed E-state index contributed by atoms with van der Waals surface area (Å²) < 4.78 is 7.42. The molecule has 2 fully saturated rings. The van der Waals surface area contributed by atoms with Gasteiger partial charge in [0.05, 0.1) is 12.7 Å². The maximum absolute atomic E-state index is 13.1. The summed E-state index contributed by atoms with van der Waals surface area (Å²) in [6.07, 6.45) is 2.04. The molecule has 4 rings (SSSR count). The summed E-state index contributed by atoms with van der Waals surface area (Å²) in [6.45, 7) is 6.45. The van der Waals surface area contributed by atoms with E-state index < -0.39 is 0 Å². The third-order valence-electron chi connectivity index (χ3n) is 5.78. The van der Waals surface area contributed by atoms with Gasteiger partial charge in [0.15, 0.2) is 0 Å². The van der Waals surface area contributed by atoms with Crippen molar-refractivity contribution in [1.29, 1.82) is 0 Å². The van der Waals surface area contributed by atoms with Crippen molar-refractivity contribution in [1.82, 2.24) is 14.4 Å². The van der Waals surface area contributed by atoms with Gasteiger partial charge in [0.2, 0.25) is 5.91 Å². The van der Waals surface area contributed by atoms with Gasteiger partial charge in [-0.1, -0.05) is 6.07 Å². The number of hydrogen-bond acceptors (Lipinski definition) is 3. The van der Waals surface area contributed by atoms with Crippen LogP contribution in [0, 0.1) is 19.8 Å². The Balaban J connectivity index is 1.51. The molecule has 28 heavy (non-hydrogen) atoms. The van der Waals surface area contributed by atoms with Crippen LogP contribution in [0.3, 0.4) is 0 Å². The lowest BCUT2D eigenvalue weighted by Crippen LogP contribution is -2.51. The standard InChI is InChI=1S/C22H27N3O3/c1-15-13-20(16(2)25(15)18-5-4-6-19(14-18)28-3)22(27)24-11-9-23(10-12-24)21(26)17-7-8-17/h4-6,13-14,17H,7-12H2,1-3H3. The summed E-state index contributed by atoms with van der Waals surface area (Å²) in [5.74, 6) is 1.34. The van der Waals surface area contributed by atoms with E-state index in [0.717, 1.165) is 41.2 Å². The van der Waals surface area contributed by atoms with Gasteiger partial charge < -0.3 is 19.1 Å². The second-order valence-electron chi connectivity index (χ2n) is 7.71. The Morgan fingerprint density at radius 1 is 1.00 bits per heavy atom. The number of aryl methyl sites for hydroxylation is 1. The predicted molar refractivity (Wildman–Crippen MR) is 107 cm³/mol. The number of carbonyl (C=O) groups excluding carboxylic acids is 2. The van der Waals surface area contributed by atoms with Crippen LogP contribution in [-0.2, 0) is 4.79 Å². The average molecular weight is 381 g/mol. The van der Waals surface area contributed by atoms with E-state index in [2.05, 4.69) is 4.57 Å². The smallest absolute Gasteiger partial charge is 0.255 e. The van der Waals surface area contributed by atoms with Crippen LogP contribution < -0.4 is 4.74 Å². The van der Waals surface area contributed by atoms with Crippen LogP contribution in [0.15, 0.2) is 30.3 Å². The molecule has 0 N–H and O–H groups in total. The van der Waals surface area contributed by atoms with Gasteiger partial charge >= 0.3 is 0 Å². The van der Waals surface area contributed by atoms with Gasteiger partial charge in [-0.2, -0.15) is 0 Å². The first-order valence-corrected chi connectivity index (χ1v) is 9.91. The third kappa shape index (κ3) is 3.39.